The summed E-state index contributed by atoms with van der Waals surface area (Å²) in [5.41, 5.74) is 2.69. The van der Waals surface area contributed by atoms with E-state index in [1.807, 2.05) is 36.4 Å². The van der Waals surface area contributed by atoms with Gasteiger partial charge in [0.25, 0.3) is 11.8 Å². The van der Waals surface area contributed by atoms with Gasteiger partial charge in [-0.2, -0.15) is 0 Å². The highest BCUT2D eigenvalue weighted by Gasteiger charge is 2.16. The van der Waals surface area contributed by atoms with E-state index in [4.69, 9.17) is 4.74 Å². The third-order valence-corrected chi connectivity index (χ3v) is 5.59. The molecule has 8 heteroatoms. The molecule has 0 spiro atoms. The molecule has 0 aliphatic heterocycles. The highest BCUT2D eigenvalue weighted by atomic mass is 79.9. The van der Waals surface area contributed by atoms with E-state index < -0.39 is 5.91 Å². The van der Waals surface area contributed by atoms with Gasteiger partial charge in [0.2, 0.25) is 5.91 Å². The molecule has 3 N–H and O–H groups in total. The monoisotopic (exact) mass is 537 g/mol. The van der Waals surface area contributed by atoms with Crippen molar-refractivity contribution in [2.45, 2.75) is 26.2 Å². The first kappa shape index (κ1) is 26.0. The molecule has 0 aliphatic carbocycles. The lowest BCUT2D eigenvalue weighted by Gasteiger charge is -2.19. The Morgan fingerprint density at radius 2 is 1.37 bits per heavy atom. The van der Waals surface area contributed by atoms with Gasteiger partial charge in [0, 0.05) is 15.8 Å². The molecule has 0 aromatic heterocycles. The van der Waals surface area contributed by atoms with Crippen molar-refractivity contribution in [3.63, 3.8) is 0 Å². The smallest absolute Gasteiger partial charge is 0.262 e. The van der Waals surface area contributed by atoms with Gasteiger partial charge in [-0.1, -0.05) is 61.0 Å². The highest BCUT2D eigenvalue weighted by Crippen LogP contribution is 2.23. The zero-order valence-electron chi connectivity index (χ0n) is 19.9. The molecule has 35 heavy (non-hydrogen) atoms. The van der Waals surface area contributed by atoms with Crippen molar-refractivity contribution in [2.24, 2.45) is 0 Å². The average Bonchev–Trinajstić information content (AvgIpc) is 2.82. The fourth-order valence-electron chi connectivity index (χ4n) is 3.17. The Balaban J connectivity index is 1.52. The minimum atomic E-state index is -0.479. The lowest BCUT2D eigenvalue weighted by atomic mass is 9.87. The van der Waals surface area contributed by atoms with Crippen molar-refractivity contribution in [1.82, 2.24) is 5.32 Å². The molecule has 0 bridgehead atoms. The van der Waals surface area contributed by atoms with Crippen molar-refractivity contribution in [1.29, 1.82) is 0 Å². The number of carbonyl (C=O) groups is 3. The van der Waals surface area contributed by atoms with Crippen molar-refractivity contribution in [3.8, 4) is 5.75 Å². The van der Waals surface area contributed by atoms with Crippen LogP contribution in [0.3, 0.4) is 0 Å². The zero-order valence-corrected chi connectivity index (χ0v) is 21.4. The molecule has 0 saturated carbocycles. The SMILES string of the molecule is CC(C)(C)c1ccc(NC(=O)CNC(=O)c2ccccc2OCC(=O)Nc2ccc(Br)cc2)cc1. The molecule has 182 valence electrons. The van der Waals surface area contributed by atoms with Gasteiger partial charge in [-0.15, -0.1) is 0 Å². The van der Waals surface area contributed by atoms with Crippen LogP contribution in [0, 0.1) is 0 Å². The van der Waals surface area contributed by atoms with E-state index >= 15 is 0 Å². The van der Waals surface area contributed by atoms with E-state index in [9.17, 15) is 14.4 Å². The molecule has 3 aromatic carbocycles. The van der Waals surface area contributed by atoms with Crippen molar-refractivity contribution >= 4 is 45.0 Å². The summed E-state index contributed by atoms with van der Waals surface area (Å²) in [7, 11) is 0. The average molecular weight is 538 g/mol. The summed E-state index contributed by atoms with van der Waals surface area (Å²) in [4.78, 5) is 37.2. The maximum atomic E-state index is 12.7. The number of carbonyl (C=O) groups excluding carboxylic acids is 3. The number of ether oxygens (including phenoxy) is 1. The Kier molecular flexibility index (Phi) is 8.65. The molecule has 0 aliphatic rings. The first-order valence-corrected chi connectivity index (χ1v) is 11.9. The molecule has 0 atom stereocenters. The second kappa shape index (κ2) is 11.7. The summed E-state index contributed by atoms with van der Waals surface area (Å²) in [6, 6.07) is 21.3. The highest BCUT2D eigenvalue weighted by molar-refractivity contribution is 9.10. The standard InChI is InChI=1S/C27H28BrN3O4/c1-27(2,3)18-8-12-20(13-9-18)30-24(32)16-29-26(34)22-6-4-5-7-23(22)35-17-25(33)31-21-14-10-19(28)11-15-21/h4-15H,16-17H2,1-3H3,(H,29,34)(H,30,32)(H,31,33). The van der Waals surface area contributed by atoms with Crippen molar-refractivity contribution in [2.75, 3.05) is 23.8 Å². The van der Waals surface area contributed by atoms with Gasteiger partial charge in [-0.05, 0) is 59.5 Å². The topological polar surface area (TPSA) is 96.5 Å². The van der Waals surface area contributed by atoms with Crippen LogP contribution in [0.1, 0.15) is 36.7 Å². The van der Waals surface area contributed by atoms with E-state index in [1.165, 1.54) is 0 Å². The van der Waals surface area contributed by atoms with E-state index in [1.54, 1.807) is 36.4 Å². The molecular weight excluding hydrogens is 510 g/mol. The van der Waals surface area contributed by atoms with Gasteiger partial charge in [-0.25, -0.2) is 0 Å². The molecule has 3 amide bonds. The van der Waals surface area contributed by atoms with Gasteiger partial charge < -0.3 is 20.7 Å². The Bertz CT molecular complexity index is 1190. The number of para-hydroxylation sites is 1. The van der Waals surface area contributed by atoms with Gasteiger partial charge in [0.15, 0.2) is 6.61 Å². The molecular formula is C27H28BrN3O4. The summed E-state index contributed by atoms with van der Waals surface area (Å²) in [5.74, 6) is -0.949. The lowest BCUT2D eigenvalue weighted by Crippen LogP contribution is -2.33. The van der Waals surface area contributed by atoms with Crippen LogP contribution in [0.2, 0.25) is 0 Å². The number of anilines is 2. The van der Waals surface area contributed by atoms with Crippen LogP contribution < -0.4 is 20.7 Å². The second-order valence-electron chi connectivity index (χ2n) is 8.90. The predicted octanol–water partition coefficient (Wildman–Crippen LogP) is 5.13. The lowest BCUT2D eigenvalue weighted by molar-refractivity contribution is -0.118. The predicted molar refractivity (Wildman–Crippen MR) is 141 cm³/mol. The minimum Gasteiger partial charge on any atom is -0.483 e. The van der Waals surface area contributed by atoms with E-state index in [-0.39, 0.29) is 41.7 Å². The molecule has 0 saturated heterocycles. The Morgan fingerprint density at radius 3 is 2.00 bits per heavy atom. The van der Waals surface area contributed by atoms with Crippen LogP contribution in [0.4, 0.5) is 11.4 Å². The number of hydrogen-bond acceptors (Lipinski definition) is 4. The maximum absolute atomic E-state index is 12.7. The van der Waals surface area contributed by atoms with Gasteiger partial charge >= 0.3 is 0 Å². The van der Waals surface area contributed by atoms with Crippen LogP contribution in [0.5, 0.6) is 5.75 Å². The van der Waals surface area contributed by atoms with E-state index in [0.29, 0.717) is 11.4 Å². The Labute approximate surface area is 213 Å². The van der Waals surface area contributed by atoms with E-state index in [0.717, 1.165) is 10.0 Å². The van der Waals surface area contributed by atoms with Crippen LogP contribution in [-0.4, -0.2) is 30.9 Å². The Hall–Kier alpha value is -3.65. The number of rotatable bonds is 8. The van der Waals surface area contributed by atoms with Gasteiger partial charge in [0.05, 0.1) is 12.1 Å². The largest absolute Gasteiger partial charge is 0.483 e. The minimum absolute atomic E-state index is 0.0195. The van der Waals surface area contributed by atoms with Crippen LogP contribution >= 0.6 is 15.9 Å². The first-order valence-electron chi connectivity index (χ1n) is 11.1. The van der Waals surface area contributed by atoms with Crippen LogP contribution in [0.15, 0.2) is 77.3 Å². The Morgan fingerprint density at radius 1 is 0.800 bits per heavy atom. The number of halogens is 1. The molecule has 0 fully saturated rings. The third-order valence-electron chi connectivity index (χ3n) is 5.06. The van der Waals surface area contributed by atoms with Crippen molar-refractivity contribution < 1.29 is 19.1 Å². The summed E-state index contributed by atoms with van der Waals surface area (Å²) < 4.78 is 6.48. The fraction of sp³-hybridized carbons (Fsp3) is 0.222. The first-order chi connectivity index (χ1) is 16.6. The fourth-order valence-corrected chi connectivity index (χ4v) is 3.43. The summed E-state index contributed by atoms with van der Waals surface area (Å²) in [6.07, 6.45) is 0. The third kappa shape index (κ3) is 7.96. The van der Waals surface area contributed by atoms with Crippen LogP contribution in [-0.2, 0) is 15.0 Å². The molecule has 0 unspecified atom stereocenters. The molecule has 3 aromatic rings. The zero-order chi connectivity index (χ0) is 25.4. The summed E-state index contributed by atoms with van der Waals surface area (Å²) in [6.45, 7) is 5.87. The van der Waals surface area contributed by atoms with Gasteiger partial charge in [-0.3, -0.25) is 14.4 Å². The van der Waals surface area contributed by atoms with Crippen molar-refractivity contribution in [3.05, 3.63) is 88.4 Å². The van der Waals surface area contributed by atoms with Gasteiger partial charge in [0.1, 0.15) is 5.75 Å². The number of nitrogens with one attached hydrogen (secondary N) is 3. The molecule has 0 radical (unpaired) electrons. The quantitative estimate of drug-likeness (QED) is 0.371. The number of benzene rings is 3. The maximum Gasteiger partial charge on any atom is 0.262 e. The second-order valence-corrected chi connectivity index (χ2v) is 9.81. The van der Waals surface area contributed by atoms with Crippen LogP contribution in [0.25, 0.3) is 0 Å². The number of hydrogen-bond donors (Lipinski definition) is 3. The normalized spacial score (nSPS) is 10.9. The molecule has 3 rings (SSSR count). The summed E-state index contributed by atoms with van der Waals surface area (Å²) >= 11 is 3.34. The molecule has 7 nitrogen and oxygen atoms in total. The summed E-state index contributed by atoms with van der Waals surface area (Å²) in [5, 5.41) is 8.08. The van der Waals surface area contributed by atoms with E-state index in [2.05, 4.69) is 52.7 Å². The molecule has 0 heterocycles. The number of amides is 3.